The molecule has 0 spiro atoms. The van der Waals surface area contributed by atoms with Crippen LogP contribution in [0.15, 0.2) is 30.7 Å². The summed E-state index contributed by atoms with van der Waals surface area (Å²) >= 11 is 6.34. The zero-order valence-electron chi connectivity index (χ0n) is 20.7. The van der Waals surface area contributed by atoms with Crippen LogP contribution in [0, 0.1) is 12.7 Å². The molecular formula is C25H28ClFN4O4. The second kappa shape index (κ2) is 9.65. The standard InChI is InChI=1S/C25H28ClFN4O4/c1-13-16(10-28-12-18(13)30-22(32)34-24(2,3)4)15-8-14-9-19(31-23(33)35-25(5,6)7)29-11-17(14)20(26)21(15)27/h8-12H,1-7H3,(H,30,32)(H,29,31,33). The summed E-state index contributed by atoms with van der Waals surface area (Å²) in [6.45, 7) is 12.2. The number of fused-ring (bicyclic) bond motifs is 1. The van der Waals surface area contributed by atoms with E-state index in [4.69, 9.17) is 21.1 Å². The predicted molar refractivity (Wildman–Crippen MR) is 134 cm³/mol. The smallest absolute Gasteiger partial charge is 0.413 e. The van der Waals surface area contributed by atoms with Crippen LogP contribution in [0.1, 0.15) is 47.1 Å². The van der Waals surface area contributed by atoms with Crippen LogP contribution in [0.5, 0.6) is 0 Å². The molecule has 0 aliphatic heterocycles. The highest BCUT2D eigenvalue weighted by atomic mass is 35.5. The second-order valence-electron chi connectivity index (χ2n) is 9.96. The number of pyridine rings is 2. The number of aromatic nitrogens is 2. The summed E-state index contributed by atoms with van der Waals surface area (Å²) < 4.78 is 25.9. The Balaban J connectivity index is 2.00. The Morgan fingerprint density at radius 3 is 2.11 bits per heavy atom. The molecule has 0 radical (unpaired) electrons. The normalized spacial score (nSPS) is 11.8. The summed E-state index contributed by atoms with van der Waals surface area (Å²) in [5.41, 5.74) is 0.188. The lowest BCUT2D eigenvalue weighted by atomic mass is 9.98. The number of hydrogen-bond acceptors (Lipinski definition) is 6. The molecule has 2 amide bonds. The minimum absolute atomic E-state index is 0.126. The van der Waals surface area contributed by atoms with Crippen molar-refractivity contribution in [2.75, 3.05) is 10.6 Å². The molecule has 3 aromatic rings. The van der Waals surface area contributed by atoms with Crippen molar-refractivity contribution in [2.45, 2.75) is 59.7 Å². The summed E-state index contributed by atoms with van der Waals surface area (Å²) in [7, 11) is 0. The van der Waals surface area contributed by atoms with E-state index in [1.807, 2.05) is 0 Å². The minimum Gasteiger partial charge on any atom is -0.444 e. The topological polar surface area (TPSA) is 102 Å². The molecule has 1 aromatic carbocycles. The first-order valence-corrected chi connectivity index (χ1v) is 11.2. The summed E-state index contributed by atoms with van der Waals surface area (Å²) in [4.78, 5) is 32.6. The fourth-order valence-electron chi connectivity index (χ4n) is 3.24. The van der Waals surface area contributed by atoms with Crippen molar-refractivity contribution in [3.05, 3.63) is 47.1 Å². The Labute approximate surface area is 208 Å². The Bertz CT molecular complexity index is 1300. The highest BCUT2D eigenvalue weighted by Crippen LogP contribution is 2.37. The number of carbonyl (C=O) groups is 2. The van der Waals surface area contributed by atoms with Crippen LogP contribution in [-0.4, -0.2) is 33.4 Å². The fourth-order valence-corrected chi connectivity index (χ4v) is 3.50. The average Bonchev–Trinajstić information content (AvgIpc) is 2.69. The Kier molecular flexibility index (Phi) is 7.21. The van der Waals surface area contributed by atoms with Crippen molar-refractivity contribution in [1.82, 2.24) is 9.97 Å². The Morgan fingerprint density at radius 2 is 1.51 bits per heavy atom. The third-order valence-electron chi connectivity index (χ3n) is 4.67. The number of rotatable bonds is 3. The van der Waals surface area contributed by atoms with Gasteiger partial charge in [0.2, 0.25) is 0 Å². The highest BCUT2D eigenvalue weighted by molar-refractivity contribution is 6.36. The lowest BCUT2D eigenvalue weighted by molar-refractivity contribution is 0.0624. The number of benzene rings is 1. The van der Waals surface area contributed by atoms with E-state index in [0.717, 1.165) is 0 Å². The van der Waals surface area contributed by atoms with Gasteiger partial charge in [-0.05, 0) is 71.5 Å². The number of hydrogen-bond donors (Lipinski definition) is 2. The van der Waals surface area contributed by atoms with Crippen LogP contribution in [0.3, 0.4) is 0 Å². The quantitative estimate of drug-likeness (QED) is 0.396. The third kappa shape index (κ3) is 6.57. The van der Waals surface area contributed by atoms with Crippen molar-refractivity contribution in [3.63, 3.8) is 0 Å². The number of anilines is 2. The molecule has 0 unspecified atom stereocenters. The van der Waals surface area contributed by atoms with Crippen molar-refractivity contribution in [2.24, 2.45) is 0 Å². The molecule has 0 atom stereocenters. The van der Waals surface area contributed by atoms with Gasteiger partial charge in [0.05, 0.1) is 16.9 Å². The van der Waals surface area contributed by atoms with Gasteiger partial charge in [-0.15, -0.1) is 0 Å². The summed E-state index contributed by atoms with van der Waals surface area (Å²) in [5.74, 6) is -0.441. The van der Waals surface area contributed by atoms with Gasteiger partial charge in [0.25, 0.3) is 0 Å². The van der Waals surface area contributed by atoms with Crippen molar-refractivity contribution >= 4 is 46.1 Å². The maximum absolute atomic E-state index is 15.3. The van der Waals surface area contributed by atoms with E-state index >= 15 is 4.39 Å². The molecule has 0 aliphatic rings. The van der Waals surface area contributed by atoms with E-state index in [2.05, 4.69) is 20.6 Å². The number of nitrogens with one attached hydrogen (secondary N) is 2. The van der Waals surface area contributed by atoms with Crippen molar-refractivity contribution < 1.29 is 23.5 Å². The number of nitrogens with zero attached hydrogens (tertiary/aromatic N) is 2. The van der Waals surface area contributed by atoms with E-state index in [1.54, 1.807) is 60.6 Å². The van der Waals surface area contributed by atoms with Crippen LogP contribution in [-0.2, 0) is 9.47 Å². The van der Waals surface area contributed by atoms with Gasteiger partial charge < -0.3 is 9.47 Å². The fraction of sp³-hybridized carbons (Fsp3) is 0.360. The zero-order valence-corrected chi connectivity index (χ0v) is 21.4. The van der Waals surface area contributed by atoms with Gasteiger partial charge in [0.1, 0.15) is 22.8 Å². The van der Waals surface area contributed by atoms with Crippen LogP contribution in [0.4, 0.5) is 25.5 Å². The maximum atomic E-state index is 15.3. The molecule has 3 rings (SSSR count). The second-order valence-corrected chi connectivity index (χ2v) is 10.3. The molecule has 2 heterocycles. The molecule has 8 nitrogen and oxygen atoms in total. The number of ether oxygens (including phenoxy) is 2. The molecule has 0 aliphatic carbocycles. The minimum atomic E-state index is -0.680. The van der Waals surface area contributed by atoms with Gasteiger partial charge in [-0.3, -0.25) is 15.6 Å². The molecular weight excluding hydrogens is 475 g/mol. The van der Waals surface area contributed by atoms with E-state index in [9.17, 15) is 9.59 Å². The molecule has 0 bridgehead atoms. The van der Waals surface area contributed by atoms with E-state index in [-0.39, 0.29) is 16.4 Å². The van der Waals surface area contributed by atoms with E-state index < -0.39 is 29.2 Å². The van der Waals surface area contributed by atoms with E-state index in [0.29, 0.717) is 27.6 Å². The monoisotopic (exact) mass is 502 g/mol. The first kappa shape index (κ1) is 26.2. The van der Waals surface area contributed by atoms with Gasteiger partial charge >= 0.3 is 12.2 Å². The van der Waals surface area contributed by atoms with Crippen LogP contribution in [0.2, 0.25) is 5.02 Å². The summed E-state index contributed by atoms with van der Waals surface area (Å²) in [6, 6.07) is 3.15. The van der Waals surface area contributed by atoms with E-state index in [1.165, 1.54) is 18.6 Å². The molecule has 2 N–H and O–H groups in total. The molecule has 186 valence electrons. The van der Waals surface area contributed by atoms with Gasteiger partial charge in [0.15, 0.2) is 0 Å². The average molecular weight is 503 g/mol. The van der Waals surface area contributed by atoms with Crippen LogP contribution >= 0.6 is 11.6 Å². The first-order valence-electron chi connectivity index (χ1n) is 10.9. The Morgan fingerprint density at radius 1 is 0.914 bits per heavy atom. The molecule has 2 aromatic heterocycles. The molecule has 0 saturated heterocycles. The molecule has 35 heavy (non-hydrogen) atoms. The van der Waals surface area contributed by atoms with Gasteiger partial charge in [-0.2, -0.15) is 0 Å². The van der Waals surface area contributed by atoms with Crippen molar-refractivity contribution in [1.29, 1.82) is 0 Å². The summed E-state index contributed by atoms with van der Waals surface area (Å²) in [6.07, 6.45) is 3.00. The van der Waals surface area contributed by atoms with Crippen molar-refractivity contribution in [3.8, 4) is 11.1 Å². The lowest BCUT2D eigenvalue weighted by Gasteiger charge is -2.20. The van der Waals surface area contributed by atoms with Gasteiger partial charge in [-0.1, -0.05) is 11.6 Å². The highest BCUT2D eigenvalue weighted by Gasteiger charge is 2.21. The first-order chi connectivity index (χ1) is 16.1. The predicted octanol–water partition coefficient (Wildman–Crippen LogP) is 7.09. The summed E-state index contributed by atoms with van der Waals surface area (Å²) in [5, 5.41) is 5.99. The number of halogens is 2. The van der Waals surface area contributed by atoms with Crippen LogP contribution < -0.4 is 10.6 Å². The maximum Gasteiger partial charge on any atom is 0.413 e. The van der Waals surface area contributed by atoms with Gasteiger partial charge in [-0.25, -0.2) is 19.0 Å². The number of amides is 2. The van der Waals surface area contributed by atoms with Crippen LogP contribution in [0.25, 0.3) is 21.9 Å². The SMILES string of the molecule is Cc1c(NC(=O)OC(C)(C)C)cncc1-c1cc2cc(NC(=O)OC(C)(C)C)ncc2c(Cl)c1F. The van der Waals surface area contributed by atoms with Gasteiger partial charge in [0, 0.05) is 28.9 Å². The zero-order chi connectivity index (χ0) is 26.1. The molecule has 0 saturated carbocycles. The lowest BCUT2D eigenvalue weighted by Crippen LogP contribution is -2.27. The largest absolute Gasteiger partial charge is 0.444 e. The molecule has 0 fully saturated rings. The Hall–Kier alpha value is -3.46. The third-order valence-corrected chi connectivity index (χ3v) is 5.04. The number of carbonyl (C=O) groups excluding carboxylic acids is 2. The molecule has 10 heteroatoms.